The van der Waals surface area contributed by atoms with Crippen LogP contribution in [0.5, 0.6) is 0 Å². The zero-order valence-electron chi connectivity index (χ0n) is 9.89. The van der Waals surface area contributed by atoms with Gasteiger partial charge in [0.2, 0.25) is 0 Å². The van der Waals surface area contributed by atoms with E-state index in [4.69, 9.17) is 4.74 Å². The zero-order valence-corrected chi connectivity index (χ0v) is 9.89. The monoisotopic (exact) mass is 202 g/mol. The Morgan fingerprint density at radius 2 is 2.07 bits per heavy atom. The van der Waals surface area contributed by atoms with Crippen molar-refractivity contribution < 1.29 is 9.53 Å². The number of hydrogen-bond acceptors (Lipinski definition) is 4. The van der Waals surface area contributed by atoms with Gasteiger partial charge < -0.3 is 15.0 Å². The van der Waals surface area contributed by atoms with E-state index in [-0.39, 0.29) is 5.97 Å². The first-order chi connectivity index (χ1) is 6.46. The molecule has 0 aliphatic rings. The number of methoxy groups -OCH3 is 1. The van der Waals surface area contributed by atoms with Crippen molar-refractivity contribution in [1.82, 2.24) is 10.2 Å². The van der Waals surface area contributed by atoms with Crippen molar-refractivity contribution in [2.24, 2.45) is 0 Å². The van der Waals surface area contributed by atoms with Crippen LogP contribution in [0.2, 0.25) is 0 Å². The largest absolute Gasteiger partial charge is 0.468 e. The summed E-state index contributed by atoms with van der Waals surface area (Å²) < 4.78 is 4.79. The number of carbonyl (C=O) groups is 1. The standard InChI is InChI=1S/C10H22N2O2/c1-6-7-11-10(2,8-12(3)4)9(13)14-5/h11H,6-8H2,1-5H3. The maximum Gasteiger partial charge on any atom is 0.327 e. The average Bonchev–Trinajstić information content (AvgIpc) is 2.12. The van der Waals surface area contributed by atoms with Crippen LogP contribution in [0.1, 0.15) is 20.3 Å². The molecule has 0 spiro atoms. The van der Waals surface area contributed by atoms with Gasteiger partial charge in [0, 0.05) is 6.54 Å². The van der Waals surface area contributed by atoms with E-state index in [2.05, 4.69) is 12.2 Å². The molecule has 0 saturated carbocycles. The Balaban J connectivity index is 4.40. The fraction of sp³-hybridized carbons (Fsp3) is 0.900. The molecule has 0 aromatic carbocycles. The molecule has 0 aliphatic heterocycles. The van der Waals surface area contributed by atoms with Crippen LogP contribution in [-0.4, -0.2) is 50.7 Å². The number of likely N-dealkylation sites (N-methyl/N-ethyl adjacent to an activating group) is 1. The minimum Gasteiger partial charge on any atom is -0.468 e. The van der Waals surface area contributed by atoms with Crippen LogP contribution in [0.4, 0.5) is 0 Å². The van der Waals surface area contributed by atoms with Crippen molar-refractivity contribution in [3.05, 3.63) is 0 Å². The minimum absolute atomic E-state index is 0.209. The molecule has 0 aliphatic carbocycles. The molecule has 0 saturated heterocycles. The van der Waals surface area contributed by atoms with Crippen LogP contribution < -0.4 is 5.32 Å². The lowest BCUT2D eigenvalue weighted by molar-refractivity contribution is -0.148. The van der Waals surface area contributed by atoms with Crippen molar-refractivity contribution in [3.63, 3.8) is 0 Å². The highest BCUT2D eigenvalue weighted by Gasteiger charge is 2.33. The van der Waals surface area contributed by atoms with Crippen molar-refractivity contribution in [2.45, 2.75) is 25.8 Å². The van der Waals surface area contributed by atoms with Gasteiger partial charge in [0.1, 0.15) is 5.54 Å². The van der Waals surface area contributed by atoms with Crippen LogP contribution in [0.25, 0.3) is 0 Å². The highest BCUT2D eigenvalue weighted by atomic mass is 16.5. The van der Waals surface area contributed by atoms with Crippen molar-refractivity contribution in [2.75, 3.05) is 34.3 Å². The van der Waals surface area contributed by atoms with E-state index in [1.807, 2.05) is 25.9 Å². The third-order valence-corrected chi connectivity index (χ3v) is 2.03. The van der Waals surface area contributed by atoms with Crippen LogP contribution in [-0.2, 0) is 9.53 Å². The fourth-order valence-electron chi connectivity index (χ4n) is 1.45. The van der Waals surface area contributed by atoms with Crippen LogP contribution in [0.15, 0.2) is 0 Å². The van der Waals surface area contributed by atoms with Gasteiger partial charge in [-0.05, 0) is 34.0 Å². The van der Waals surface area contributed by atoms with Gasteiger partial charge in [-0.3, -0.25) is 4.79 Å². The lowest BCUT2D eigenvalue weighted by atomic mass is 10.0. The number of nitrogens with zero attached hydrogens (tertiary/aromatic N) is 1. The Morgan fingerprint density at radius 1 is 1.50 bits per heavy atom. The molecule has 0 aromatic heterocycles. The van der Waals surface area contributed by atoms with Gasteiger partial charge in [-0.15, -0.1) is 0 Å². The Morgan fingerprint density at radius 3 is 2.43 bits per heavy atom. The normalized spacial score (nSPS) is 15.3. The molecule has 1 unspecified atom stereocenters. The number of rotatable bonds is 6. The number of nitrogens with one attached hydrogen (secondary N) is 1. The molecule has 4 nitrogen and oxygen atoms in total. The third kappa shape index (κ3) is 4.07. The Bertz CT molecular complexity index is 183. The van der Waals surface area contributed by atoms with Gasteiger partial charge in [-0.25, -0.2) is 0 Å². The summed E-state index contributed by atoms with van der Waals surface area (Å²) in [5.74, 6) is -0.209. The number of ether oxygens (including phenoxy) is 1. The fourth-order valence-corrected chi connectivity index (χ4v) is 1.45. The van der Waals surface area contributed by atoms with Crippen molar-refractivity contribution in [1.29, 1.82) is 0 Å². The van der Waals surface area contributed by atoms with E-state index >= 15 is 0 Å². The molecule has 1 N–H and O–H groups in total. The van der Waals surface area contributed by atoms with E-state index in [0.717, 1.165) is 13.0 Å². The van der Waals surface area contributed by atoms with Crippen molar-refractivity contribution >= 4 is 5.97 Å². The molecule has 14 heavy (non-hydrogen) atoms. The van der Waals surface area contributed by atoms with Gasteiger partial charge in [-0.1, -0.05) is 6.92 Å². The highest BCUT2D eigenvalue weighted by Crippen LogP contribution is 2.07. The summed E-state index contributed by atoms with van der Waals surface area (Å²) in [5, 5.41) is 3.21. The lowest BCUT2D eigenvalue weighted by Crippen LogP contribution is -2.56. The second-order valence-corrected chi connectivity index (χ2v) is 3.99. The average molecular weight is 202 g/mol. The third-order valence-electron chi connectivity index (χ3n) is 2.03. The molecule has 0 bridgehead atoms. The summed E-state index contributed by atoms with van der Waals surface area (Å²) >= 11 is 0. The van der Waals surface area contributed by atoms with Crippen LogP contribution >= 0.6 is 0 Å². The molecular weight excluding hydrogens is 180 g/mol. The SMILES string of the molecule is CCCNC(C)(CN(C)C)C(=O)OC. The Labute approximate surface area is 86.6 Å². The van der Waals surface area contributed by atoms with Crippen LogP contribution in [0, 0.1) is 0 Å². The molecule has 0 heterocycles. The van der Waals surface area contributed by atoms with Gasteiger partial charge in [0.05, 0.1) is 7.11 Å². The maximum atomic E-state index is 11.6. The van der Waals surface area contributed by atoms with Gasteiger partial charge in [0.25, 0.3) is 0 Å². The van der Waals surface area contributed by atoms with Crippen LogP contribution in [0.3, 0.4) is 0 Å². The molecule has 0 amide bonds. The molecule has 0 fully saturated rings. The summed E-state index contributed by atoms with van der Waals surface area (Å²) in [7, 11) is 5.30. The highest BCUT2D eigenvalue weighted by molar-refractivity contribution is 5.80. The van der Waals surface area contributed by atoms with E-state index in [1.54, 1.807) is 0 Å². The molecule has 0 radical (unpaired) electrons. The van der Waals surface area contributed by atoms with Gasteiger partial charge >= 0.3 is 5.97 Å². The summed E-state index contributed by atoms with van der Waals surface area (Å²) in [6, 6.07) is 0. The van der Waals surface area contributed by atoms with Gasteiger partial charge in [-0.2, -0.15) is 0 Å². The van der Waals surface area contributed by atoms with E-state index < -0.39 is 5.54 Å². The zero-order chi connectivity index (χ0) is 11.2. The van der Waals surface area contributed by atoms with E-state index in [0.29, 0.717) is 6.54 Å². The molecule has 4 heteroatoms. The van der Waals surface area contributed by atoms with E-state index in [1.165, 1.54) is 7.11 Å². The first-order valence-electron chi connectivity index (χ1n) is 4.94. The summed E-state index contributed by atoms with van der Waals surface area (Å²) in [5.41, 5.74) is -0.603. The van der Waals surface area contributed by atoms with E-state index in [9.17, 15) is 4.79 Å². The minimum atomic E-state index is -0.603. The molecule has 0 rings (SSSR count). The predicted molar refractivity (Wildman–Crippen MR) is 57.3 cm³/mol. The first kappa shape index (κ1) is 13.4. The van der Waals surface area contributed by atoms with Gasteiger partial charge in [0.15, 0.2) is 0 Å². The lowest BCUT2D eigenvalue weighted by Gasteiger charge is -2.30. The number of carbonyl (C=O) groups excluding carboxylic acids is 1. The molecule has 84 valence electrons. The quantitative estimate of drug-likeness (QED) is 0.636. The summed E-state index contributed by atoms with van der Waals surface area (Å²) in [6.45, 7) is 5.40. The molecule has 0 aromatic rings. The second-order valence-electron chi connectivity index (χ2n) is 3.99. The predicted octanol–water partition coefficient (Wildman–Crippen LogP) is 0.479. The second kappa shape index (κ2) is 5.98. The first-order valence-corrected chi connectivity index (χ1v) is 4.94. The summed E-state index contributed by atoms with van der Waals surface area (Å²) in [6.07, 6.45) is 1.00. The number of esters is 1. The Kier molecular flexibility index (Phi) is 5.72. The van der Waals surface area contributed by atoms with Crippen molar-refractivity contribution in [3.8, 4) is 0 Å². The number of hydrogen-bond donors (Lipinski definition) is 1. The molecular formula is C10H22N2O2. The molecule has 1 atom stereocenters. The summed E-state index contributed by atoms with van der Waals surface area (Å²) in [4.78, 5) is 13.5. The topological polar surface area (TPSA) is 41.6 Å². The maximum absolute atomic E-state index is 11.6. The Hall–Kier alpha value is -0.610. The smallest absolute Gasteiger partial charge is 0.327 e.